The van der Waals surface area contributed by atoms with Crippen molar-refractivity contribution in [1.82, 2.24) is 20.1 Å². The quantitative estimate of drug-likeness (QED) is 0.786. The van der Waals surface area contributed by atoms with Crippen LogP contribution in [0.2, 0.25) is 0 Å². The summed E-state index contributed by atoms with van der Waals surface area (Å²) >= 11 is 0. The first-order valence-electron chi connectivity index (χ1n) is 5.85. The van der Waals surface area contributed by atoms with Crippen LogP contribution in [0, 0.1) is 0 Å². The number of aromatic nitrogens is 4. The summed E-state index contributed by atoms with van der Waals surface area (Å²) in [4.78, 5) is 12.6. The van der Waals surface area contributed by atoms with E-state index in [1.165, 1.54) is 0 Å². The largest absolute Gasteiger partial charge is 0.346 e. The Morgan fingerprint density at radius 1 is 1.24 bits per heavy atom. The molecule has 0 amide bonds. The zero-order chi connectivity index (χ0) is 11.5. The van der Waals surface area contributed by atoms with Crippen LogP contribution >= 0.6 is 0 Å². The maximum atomic E-state index is 5.32. The molecule has 0 aromatic carbocycles. The first kappa shape index (κ1) is 10.3. The van der Waals surface area contributed by atoms with Crippen LogP contribution in [0.15, 0.2) is 23.1 Å². The molecule has 2 aromatic rings. The molecule has 3 rings (SSSR count). The maximum Gasteiger partial charge on any atom is 0.230 e. The standard InChI is InChI=1S/C11H13N5O/c1-3-12-4-2-8(1)11-15-10(16-17-11)9-7-13-5-6-14-9/h5-8,12H,1-4H2/p+1. The van der Waals surface area contributed by atoms with Gasteiger partial charge in [0.2, 0.25) is 11.7 Å². The molecule has 88 valence electrons. The molecule has 0 aliphatic carbocycles. The van der Waals surface area contributed by atoms with E-state index in [4.69, 9.17) is 4.52 Å². The van der Waals surface area contributed by atoms with Crippen LogP contribution < -0.4 is 5.32 Å². The molecule has 1 aliphatic rings. The van der Waals surface area contributed by atoms with Gasteiger partial charge in [0.25, 0.3) is 0 Å². The Balaban J connectivity index is 1.83. The van der Waals surface area contributed by atoms with Crippen molar-refractivity contribution in [1.29, 1.82) is 0 Å². The number of nitrogens with two attached hydrogens (primary N) is 1. The summed E-state index contributed by atoms with van der Waals surface area (Å²) in [7, 11) is 0. The molecular formula is C11H14N5O+. The van der Waals surface area contributed by atoms with E-state index >= 15 is 0 Å². The highest BCUT2D eigenvalue weighted by molar-refractivity contribution is 5.45. The molecule has 2 aromatic heterocycles. The van der Waals surface area contributed by atoms with Gasteiger partial charge in [-0.1, -0.05) is 5.16 Å². The van der Waals surface area contributed by atoms with Gasteiger partial charge in [-0.2, -0.15) is 4.98 Å². The van der Waals surface area contributed by atoms with E-state index in [0.717, 1.165) is 31.8 Å². The van der Waals surface area contributed by atoms with Gasteiger partial charge in [0.1, 0.15) is 5.69 Å². The fraction of sp³-hybridized carbons (Fsp3) is 0.455. The van der Waals surface area contributed by atoms with Gasteiger partial charge in [-0.3, -0.25) is 4.98 Å². The first-order valence-corrected chi connectivity index (χ1v) is 5.85. The molecule has 6 heteroatoms. The summed E-state index contributed by atoms with van der Waals surface area (Å²) in [6, 6.07) is 0. The number of rotatable bonds is 2. The van der Waals surface area contributed by atoms with Crippen LogP contribution in [0.1, 0.15) is 24.7 Å². The van der Waals surface area contributed by atoms with Crippen molar-refractivity contribution >= 4 is 0 Å². The Morgan fingerprint density at radius 3 is 2.88 bits per heavy atom. The van der Waals surface area contributed by atoms with Crippen LogP contribution in [-0.2, 0) is 0 Å². The topological polar surface area (TPSA) is 81.3 Å². The first-order chi connectivity index (χ1) is 8.43. The van der Waals surface area contributed by atoms with Crippen LogP contribution in [0.3, 0.4) is 0 Å². The van der Waals surface area contributed by atoms with Gasteiger partial charge in [-0.25, -0.2) is 4.98 Å². The summed E-state index contributed by atoms with van der Waals surface area (Å²) < 4.78 is 5.32. The van der Waals surface area contributed by atoms with Crippen LogP contribution in [0.4, 0.5) is 0 Å². The number of hydrogen-bond donors (Lipinski definition) is 1. The second-order valence-electron chi connectivity index (χ2n) is 4.19. The lowest BCUT2D eigenvalue weighted by Crippen LogP contribution is -2.86. The third kappa shape index (κ3) is 2.16. The number of hydrogen-bond acceptors (Lipinski definition) is 5. The summed E-state index contributed by atoms with van der Waals surface area (Å²) in [5.74, 6) is 1.67. The molecule has 1 fully saturated rings. The van der Waals surface area contributed by atoms with Gasteiger partial charge in [0.15, 0.2) is 0 Å². The Labute approximate surface area is 98.5 Å². The van der Waals surface area contributed by atoms with E-state index in [1.807, 2.05) is 0 Å². The van der Waals surface area contributed by atoms with Crippen LogP contribution in [0.25, 0.3) is 11.5 Å². The fourth-order valence-electron chi connectivity index (χ4n) is 2.09. The summed E-state index contributed by atoms with van der Waals surface area (Å²) in [6.07, 6.45) is 7.09. The molecule has 1 aliphatic heterocycles. The fourth-order valence-corrected chi connectivity index (χ4v) is 2.09. The Kier molecular flexibility index (Phi) is 2.79. The second-order valence-corrected chi connectivity index (χ2v) is 4.19. The van der Waals surface area contributed by atoms with Crippen molar-refractivity contribution in [3.8, 4) is 11.5 Å². The third-order valence-electron chi connectivity index (χ3n) is 3.02. The Morgan fingerprint density at radius 2 is 2.12 bits per heavy atom. The highest BCUT2D eigenvalue weighted by atomic mass is 16.5. The SMILES string of the molecule is c1cnc(-c2noc(C3CC[NH2+]CC3)n2)cn1. The third-order valence-corrected chi connectivity index (χ3v) is 3.02. The number of nitrogens with zero attached hydrogens (tertiary/aromatic N) is 4. The van der Waals surface area contributed by atoms with Crippen molar-refractivity contribution in [2.45, 2.75) is 18.8 Å². The van der Waals surface area contributed by atoms with E-state index < -0.39 is 0 Å². The van der Waals surface area contributed by atoms with Crippen molar-refractivity contribution in [2.75, 3.05) is 13.1 Å². The van der Waals surface area contributed by atoms with Gasteiger partial charge in [-0.05, 0) is 0 Å². The van der Waals surface area contributed by atoms with Crippen LogP contribution in [-0.4, -0.2) is 33.2 Å². The highest BCUT2D eigenvalue weighted by Gasteiger charge is 2.23. The number of quaternary nitrogens is 1. The molecule has 0 unspecified atom stereocenters. The van der Waals surface area contributed by atoms with Crippen molar-refractivity contribution in [2.24, 2.45) is 0 Å². The van der Waals surface area contributed by atoms with Crippen molar-refractivity contribution < 1.29 is 9.84 Å². The van der Waals surface area contributed by atoms with Gasteiger partial charge in [0.05, 0.1) is 19.3 Å². The summed E-state index contributed by atoms with van der Waals surface area (Å²) in [6.45, 7) is 2.26. The second kappa shape index (κ2) is 4.58. The molecule has 17 heavy (non-hydrogen) atoms. The lowest BCUT2D eigenvalue weighted by molar-refractivity contribution is -0.663. The maximum absolute atomic E-state index is 5.32. The highest BCUT2D eigenvalue weighted by Crippen LogP contribution is 2.23. The molecule has 6 nitrogen and oxygen atoms in total. The monoisotopic (exact) mass is 232 g/mol. The average Bonchev–Trinajstić information content (AvgIpc) is 2.90. The lowest BCUT2D eigenvalue weighted by atomic mass is 9.98. The molecule has 2 N–H and O–H groups in total. The van der Waals surface area contributed by atoms with E-state index in [9.17, 15) is 0 Å². The zero-order valence-corrected chi connectivity index (χ0v) is 9.41. The minimum absolute atomic E-state index is 0.401. The van der Waals surface area contributed by atoms with Gasteiger partial charge >= 0.3 is 0 Å². The average molecular weight is 232 g/mol. The van der Waals surface area contributed by atoms with Crippen molar-refractivity contribution in [3.05, 3.63) is 24.5 Å². The smallest absolute Gasteiger partial charge is 0.230 e. The lowest BCUT2D eigenvalue weighted by Gasteiger charge is -2.15. The Hall–Kier alpha value is -1.82. The van der Waals surface area contributed by atoms with E-state index in [0.29, 0.717) is 17.4 Å². The summed E-state index contributed by atoms with van der Waals surface area (Å²) in [5.41, 5.74) is 0.657. The predicted octanol–water partition coefficient (Wildman–Crippen LogP) is -0.0326. The van der Waals surface area contributed by atoms with Crippen LogP contribution in [0.5, 0.6) is 0 Å². The molecule has 0 saturated carbocycles. The van der Waals surface area contributed by atoms with Gasteiger partial charge in [0, 0.05) is 31.2 Å². The van der Waals surface area contributed by atoms with E-state index in [-0.39, 0.29) is 0 Å². The molecule has 0 atom stereocenters. The minimum Gasteiger partial charge on any atom is -0.346 e. The van der Waals surface area contributed by atoms with Crippen molar-refractivity contribution in [3.63, 3.8) is 0 Å². The zero-order valence-electron chi connectivity index (χ0n) is 9.41. The molecule has 0 bridgehead atoms. The van der Waals surface area contributed by atoms with E-state index in [2.05, 4.69) is 25.4 Å². The summed E-state index contributed by atoms with van der Waals surface area (Å²) in [5, 5.41) is 6.28. The van der Waals surface area contributed by atoms with Gasteiger partial charge in [-0.15, -0.1) is 0 Å². The minimum atomic E-state index is 0.401. The van der Waals surface area contributed by atoms with E-state index in [1.54, 1.807) is 18.6 Å². The molecule has 1 saturated heterocycles. The van der Waals surface area contributed by atoms with Gasteiger partial charge < -0.3 is 9.84 Å². The molecule has 3 heterocycles. The number of piperidine rings is 1. The Bertz CT molecular complexity index is 478. The molecular weight excluding hydrogens is 218 g/mol. The normalized spacial score (nSPS) is 17.2. The molecule has 0 spiro atoms. The molecule has 0 radical (unpaired) electrons. The predicted molar refractivity (Wildman–Crippen MR) is 59.0 cm³/mol.